The fraction of sp³-hybridized carbons (Fsp3) is 0.538. The lowest BCUT2D eigenvalue weighted by Crippen LogP contribution is -2.45. The molecule has 1 fully saturated rings. The maximum absolute atomic E-state index is 10.3. The second kappa shape index (κ2) is 4.44. The molecule has 0 unspecified atom stereocenters. The second-order valence-electron chi connectivity index (χ2n) is 4.25. The Morgan fingerprint density at radius 3 is 2.44 bits per heavy atom. The van der Waals surface area contributed by atoms with Gasteiger partial charge < -0.3 is 14.6 Å². The quantitative estimate of drug-likeness (QED) is 0.847. The first-order chi connectivity index (χ1) is 7.68. The fourth-order valence-electron chi connectivity index (χ4n) is 2.12. The molecular weight excluding hydrogens is 204 g/mol. The number of rotatable bonds is 4. The van der Waals surface area contributed by atoms with Crippen LogP contribution in [0.5, 0.6) is 5.75 Å². The number of methoxy groups -OCH3 is 1. The number of benzene rings is 1. The zero-order chi connectivity index (χ0) is 11.6. The molecule has 3 nitrogen and oxygen atoms in total. The van der Waals surface area contributed by atoms with Gasteiger partial charge in [0.2, 0.25) is 0 Å². The molecule has 2 rings (SSSR count). The van der Waals surface area contributed by atoms with E-state index in [1.807, 2.05) is 31.2 Å². The van der Waals surface area contributed by atoms with Crippen molar-refractivity contribution in [2.24, 2.45) is 0 Å². The van der Waals surface area contributed by atoms with Crippen LogP contribution in [0.4, 0.5) is 0 Å². The summed E-state index contributed by atoms with van der Waals surface area (Å²) in [4.78, 5) is 0. The van der Waals surface area contributed by atoms with Crippen molar-refractivity contribution in [1.29, 1.82) is 0 Å². The van der Waals surface area contributed by atoms with Crippen molar-refractivity contribution in [3.63, 3.8) is 0 Å². The highest BCUT2D eigenvalue weighted by Crippen LogP contribution is 2.42. The Morgan fingerprint density at radius 2 is 1.94 bits per heavy atom. The Bertz CT molecular complexity index is 339. The molecule has 0 bridgehead atoms. The molecule has 1 saturated carbocycles. The van der Waals surface area contributed by atoms with Crippen LogP contribution in [-0.2, 0) is 10.3 Å². The zero-order valence-electron chi connectivity index (χ0n) is 9.77. The molecule has 1 aliphatic carbocycles. The van der Waals surface area contributed by atoms with E-state index in [0.717, 1.165) is 11.3 Å². The molecule has 88 valence electrons. The molecular formula is C13H18O3. The number of hydrogen-bond acceptors (Lipinski definition) is 3. The third-order valence-electron chi connectivity index (χ3n) is 3.17. The molecule has 0 amide bonds. The molecule has 1 aromatic carbocycles. The summed E-state index contributed by atoms with van der Waals surface area (Å²) in [6.07, 6.45) is 1.55. The maximum atomic E-state index is 10.3. The normalized spacial score (nSPS) is 28.6. The molecule has 1 N–H and O–H groups in total. The van der Waals surface area contributed by atoms with Crippen molar-refractivity contribution in [3.8, 4) is 5.75 Å². The molecule has 0 spiro atoms. The van der Waals surface area contributed by atoms with Gasteiger partial charge in [-0.1, -0.05) is 12.1 Å². The standard InChI is InChI=1S/C13H18O3/c1-3-16-11-6-4-10(5-7-11)13(14)8-12(9-13)15-2/h4-7,12,14H,3,8-9H2,1-2H3. The molecule has 0 aromatic heterocycles. The molecule has 0 saturated heterocycles. The van der Waals surface area contributed by atoms with Crippen LogP contribution in [0.25, 0.3) is 0 Å². The summed E-state index contributed by atoms with van der Waals surface area (Å²) in [5.74, 6) is 0.845. The summed E-state index contributed by atoms with van der Waals surface area (Å²) >= 11 is 0. The molecule has 0 atom stereocenters. The predicted octanol–water partition coefficient (Wildman–Crippen LogP) is 2.08. The van der Waals surface area contributed by atoms with Gasteiger partial charge in [0.1, 0.15) is 5.75 Å². The summed E-state index contributed by atoms with van der Waals surface area (Å²) in [6, 6.07) is 7.65. The third kappa shape index (κ3) is 2.06. The van der Waals surface area contributed by atoms with Gasteiger partial charge in [-0.2, -0.15) is 0 Å². The van der Waals surface area contributed by atoms with E-state index in [9.17, 15) is 5.11 Å². The largest absolute Gasteiger partial charge is 0.494 e. The minimum atomic E-state index is -0.703. The minimum absolute atomic E-state index is 0.191. The minimum Gasteiger partial charge on any atom is -0.494 e. The van der Waals surface area contributed by atoms with Crippen molar-refractivity contribution in [2.45, 2.75) is 31.5 Å². The van der Waals surface area contributed by atoms with E-state index >= 15 is 0 Å². The van der Waals surface area contributed by atoms with Crippen molar-refractivity contribution in [1.82, 2.24) is 0 Å². The predicted molar refractivity (Wildman–Crippen MR) is 61.5 cm³/mol. The van der Waals surface area contributed by atoms with Gasteiger partial charge in [-0.05, 0) is 24.6 Å². The molecule has 0 heterocycles. The van der Waals surface area contributed by atoms with Gasteiger partial charge in [0, 0.05) is 20.0 Å². The average molecular weight is 222 g/mol. The summed E-state index contributed by atoms with van der Waals surface area (Å²) in [5, 5.41) is 10.3. The van der Waals surface area contributed by atoms with E-state index in [1.165, 1.54) is 0 Å². The van der Waals surface area contributed by atoms with Gasteiger partial charge >= 0.3 is 0 Å². The van der Waals surface area contributed by atoms with Gasteiger partial charge in [-0.15, -0.1) is 0 Å². The first kappa shape index (κ1) is 11.4. The summed E-state index contributed by atoms with van der Waals surface area (Å²) in [6.45, 7) is 2.62. The monoisotopic (exact) mass is 222 g/mol. The maximum Gasteiger partial charge on any atom is 0.119 e. The van der Waals surface area contributed by atoms with E-state index in [-0.39, 0.29) is 6.10 Å². The van der Waals surface area contributed by atoms with Crippen LogP contribution in [0.1, 0.15) is 25.3 Å². The Hall–Kier alpha value is -1.06. The highest BCUT2D eigenvalue weighted by molar-refractivity contribution is 5.32. The topological polar surface area (TPSA) is 38.7 Å². The van der Waals surface area contributed by atoms with Gasteiger partial charge in [0.15, 0.2) is 0 Å². The first-order valence-corrected chi connectivity index (χ1v) is 5.66. The number of aliphatic hydroxyl groups is 1. The highest BCUT2D eigenvalue weighted by atomic mass is 16.5. The van der Waals surface area contributed by atoms with Crippen LogP contribution in [0, 0.1) is 0 Å². The third-order valence-corrected chi connectivity index (χ3v) is 3.17. The van der Waals surface area contributed by atoms with Gasteiger partial charge in [0.25, 0.3) is 0 Å². The fourth-order valence-corrected chi connectivity index (χ4v) is 2.12. The highest BCUT2D eigenvalue weighted by Gasteiger charge is 2.44. The van der Waals surface area contributed by atoms with E-state index in [0.29, 0.717) is 19.4 Å². The van der Waals surface area contributed by atoms with Crippen molar-refractivity contribution < 1.29 is 14.6 Å². The van der Waals surface area contributed by atoms with Crippen molar-refractivity contribution >= 4 is 0 Å². The first-order valence-electron chi connectivity index (χ1n) is 5.66. The number of ether oxygens (including phenoxy) is 2. The van der Waals surface area contributed by atoms with Gasteiger partial charge in [-0.25, -0.2) is 0 Å². The summed E-state index contributed by atoms with van der Waals surface area (Å²) < 4.78 is 10.5. The molecule has 0 radical (unpaired) electrons. The van der Waals surface area contributed by atoms with Crippen LogP contribution < -0.4 is 4.74 Å². The zero-order valence-corrected chi connectivity index (χ0v) is 9.77. The van der Waals surface area contributed by atoms with Crippen molar-refractivity contribution in [2.75, 3.05) is 13.7 Å². The Labute approximate surface area is 96.0 Å². The van der Waals surface area contributed by atoms with E-state index in [2.05, 4.69) is 0 Å². The average Bonchev–Trinajstić information content (AvgIpc) is 2.26. The van der Waals surface area contributed by atoms with Crippen LogP contribution in [-0.4, -0.2) is 24.9 Å². The Morgan fingerprint density at radius 1 is 1.31 bits per heavy atom. The smallest absolute Gasteiger partial charge is 0.119 e. The summed E-state index contributed by atoms with van der Waals surface area (Å²) in [7, 11) is 1.68. The van der Waals surface area contributed by atoms with E-state index < -0.39 is 5.60 Å². The van der Waals surface area contributed by atoms with Crippen LogP contribution in [0.3, 0.4) is 0 Å². The van der Waals surface area contributed by atoms with Gasteiger partial charge in [0.05, 0.1) is 18.3 Å². The second-order valence-corrected chi connectivity index (χ2v) is 4.25. The molecule has 1 aromatic rings. The molecule has 0 aliphatic heterocycles. The van der Waals surface area contributed by atoms with Crippen LogP contribution >= 0.6 is 0 Å². The summed E-state index contributed by atoms with van der Waals surface area (Å²) in [5.41, 5.74) is 0.245. The lowest BCUT2D eigenvalue weighted by molar-refractivity contribution is -0.133. The van der Waals surface area contributed by atoms with Crippen molar-refractivity contribution in [3.05, 3.63) is 29.8 Å². The lowest BCUT2D eigenvalue weighted by atomic mass is 9.73. The van der Waals surface area contributed by atoms with Gasteiger partial charge in [-0.3, -0.25) is 0 Å². The lowest BCUT2D eigenvalue weighted by Gasteiger charge is -2.43. The van der Waals surface area contributed by atoms with Crippen LogP contribution in [0.2, 0.25) is 0 Å². The Kier molecular flexibility index (Phi) is 3.17. The van der Waals surface area contributed by atoms with Crippen LogP contribution in [0.15, 0.2) is 24.3 Å². The Balaban J connectivity index is 2.05. The van der Waals surface area contributed by atoms with E-state index in [1.54, 1.807) is 7.11 Å². The molecule has 1 aliphatic rings. The van der Waals surface area contributed by atoms with E-state index in [4.69, 9.17) is 9.47 Å². The number of hydrogen-bond donors (Lipinski definition) is 1. The SMILES string of the molecule is CCOc1ccc(C2(O)CC(OC)C2)cc1. The molecule has 16 heavy (non-hydrogen) atoms. The molecule has 3 heteroatoms.